The molecular weight excluding hydrogens is 184 g/mol. The molecule has 3 rings (SSSR count). The van der Waals surface area contributed by atoms with Crippen LogP contribution in [0.3, 0.4) is 0 Å². The van der Waals surface area contributed by atoms with Crippen LogP contribution in [0.4, 0.5) is 0 Å². The van der Waals surface area contributed by atoms with Gasteiger partial charge in [0.2, 0.25) is 4.96 Å². The summed E-state index contributed by atoms with van der Waals surface area (Å²) in [6.45, 7) is 3.16. The first-order valence-corrected chi connectivity index (χ1v) is 5.20. The number of nitrogens with zero attached hydrogens (tertiary/aromatic N) is 3. The fourth-order valence-corrected chi connectivity index (χ4v) is 2.75. The molecule has 13 heavy (non-hydrogen) atoms. The van der Waals surface area contributed by atoms with Crippen LogP contribution in [-0.2, 0) is 13.0 Å². The summed E-state index contributed by atoms with van der Waals surface area (Å²) in [4.78, 5) is 6.59. The lowest BCUT2D eigenvalue weighted by Crippen LogP contribution is -2.32. The highest BCUT2D eigenvalue weighted by atomic mass is 32.1. The van der Waals surface area contributed by atoms with Crippen molar-refractivity contribution in [1.82, 2.24) is 19.9 Å². The molecule has 2 aromatic heterocycles. The molecule has 5 heteroatoms. The van der Waals surface area contributed by atoms with E-state index < -0.39 is 0 Å². The van der Waals surface area contributed by atoms with Crippen molar-refractivity contribution in [3.8, 4) is 0 Å². The third-order valence-electron chi connectivity index (χ3n) is 2.42. The predicted octanol–water partition coefficient (Wildman–Crippen LogP) is 0.825. The Morgan fingerprint density at radius 2 is 2.62 bits per heavy atom. The molecular formula is C8H10N4S. The van der Waals surface area contributed by atoms with Gasteiger partial charge in [0.25, 0.3) is 0 Å². The standard InChI is InChI=1S/C8H10N4S/c1-5-2-6-7(3-9-5)13-8-10-4-11-12(6)8/h4-5,9H,2-3H2,1H3. The molecule has 2 aromatic rings. The Kier molecular flexibility index (Phi) is 1.45. The molecule has 0 bridgehead atoms. The van der Waals surface area contributed by atoms with Crippen LogP contribution in [0.15, 0.2) is 6.33 Å². The van der Waals surface area contributed by atoms with E-state index in [2.05, 4.69) is 22.3 Å². The van der Waals surface area contributed by atoms with Crippen molar-refractivity contribution in [3.63, 3.8) is 0 Å². The molecule has 4 nitrogen and oxygen atoms in total. The first-order valence-electron chi connectivity index (χ1n) is 4.38. The first-order chi connectivity index (χ1) is 6.34. The van der Waals surface area contributed by atoms with Gasteiger partial charge in [-0.15, -0.1) is 0 Å². The summed E-state index contributed by atoms with van der Waals surface area (Å²) < 4.78 is 1.97. The zero-order valence-electron chi connectivity index (χ0n) is 7.32. The Morgan fingerprint density at radius 3 is 3.54 bits per heavy atom. The lowest BCUT2D eigenvalue weighted by Gasteiger charge is -2.18. The maximum atomic E-state index is 4.21. The van der Waals surface area contributed by atoms with Crippen molar-refractivity contribution in [1.29, 1.82) is 0 Å². The molecule has 0 fully saturated rings. The van der Waals surface area contributed by atoms with E-state index in [0.29, 0.717) is 6.04 Å². The minimum Gasteiger partial charge on any atom is -0.309 e. The molecule has 0 amide bonds. The highest BCUT2D eigenvalue weighted by Gasteiger charge is 2.20. The lowest BCUT2D eigenvalue weighted by atomic mass is 10.1. The smallest absolute Gasteiger partial charge is 0.212 e. The van der Waals surface area contributed by atoms with Gasteiger partial charge in [-0.3, -0.25) is 0 Å². The molecule has 0 spiro atoms. The van der Waals surface area contributed by atoms with E-state index in [9.17, 15) is 0 Å². The quantitative estimate of drug-likeness (QED) is 0.675. The summed E-state index contributed by atoms with van der Waals surface area (Å²) in [5.74, 6) is 0. The SMILES string of the molecule is CC1Cc2c(sc3ncnn23)CN1. The fraction of sp³-hybridized carbons (Fsp3) is 0.500. The Balaban J connectivity index is 2.24. The second-order valence-corrected chi connectivity index (χ2v) is 4.47. The molecule has 68 valence electrons. The average molecular weight is 194 g/mol. The van der Waals surface area contributed by atoms with Crippen molar-refractivity contribution in [2.75, 3.05) is 0 Å². The van der Waals surface area contributed by atoms with Gasteiger partial charge in [-0.05, 0) is 6.92 Å². The summed E-state index contributed by atoms with van der Waals surface area (Å²) in [5.41, 5.74) is 1.34. The van der Waals surface area contributed by atoms with Gasteiger partial charge in [0.15, 0.2) is 0 Å². The highest BCUT2D eigenvalue weighted by Crippen LogP contribution is 2.25. The second kappa shape index (κ2) is 2.52. The van der Waals surface area contributed by atoms with Crippen molar-refractivity contribution >= 4 is 16.3 Å². The Labute approximate surface area is 79.6 Å². The molecule has 0 aromatic carbocycles. The van der Waals surface area contributed by atoms with Crippen LogP contribution < -0.4 is 5.32 Å². The topological polar surface area (TPSA) is 42.2 Å². The van der Waals surface area contributed by atoms with Crippen LogP contribution in [0.1, 0.15) is 17.5 Å². The van der Waals surface area contributed by atoms with Gasteiger partial charge in [0.1, 0.15) is 6.33 Å². The Morgan fingerprint density at radius 1 is 1.69 bits per heavy atom. The molecule has 0 radical (unpaired) electrons. The number of aromatic nitrogens is 3. The van der Waals surface area contributed by atoms with Crippen molar-refractivity contribution in [2.45, 2.75) is 25.9 Å². The van der Waals surface area contributed by atoms with E-state index in [1.54, 1.807) is 17.7 Å². The van der Waals surface area contributed by atoms with E-state index >= 15 is 0 Å². The molecule has 1 unspecified atom stereocenters. The molecule has 0 aliphatic carbocycles. The minimum atomic E-state index is 0.550. The summed E-state index contributed by atoms with van der Waals surface area (Å²) in [6, 6.07) is 0.550. The monoisotopic (exact) mass is 194 g/mol. The van der Waals surface area contributed by atoms with Crippen LogP contribution in [0.5, 0.6) is 0 Å². The average Bonchev–Trinajstić information content (AvgIpc) is 2.64. The van der Waals surface area contributed by atoms with E-state index in [4.69, 9.17) is 0 Å². The second-order valence-electron chi connectivity index (χ2n) is 3.41. The fourth-order valence-electron chi connectivity index (χ4n) is 1.74. The highest BCUT2D eigenvalue weighted by molar-refractivity contribution is 7.17. The van der Waals surface area contributed by atoms with Crippen molar-refractivity contribution in [2.24, 2.45) is 0 Å². The zero-order chi connectivity index (χ0) is 8.84. The van der Waals surface area contributed by atoms with Gasteiger partial charge in [-0.1, -0.05) is 11.3 Å². The summed E-state index contributed by atoms with van der Waals surface area (Å²) in [5, 5.41) is 7.65. The van der Waals surface area contributed by atoms with Crippen LogP contribution in [0.25, 0.3) is 4.96 Å². The summed E-state index contributed by atoms with van der Waals surface area (Å²) in [7, 11) is 0. The van der Waals surface area contributed by atoms with Gasteiger partial charge in [-0.2, -0.15) is 5.10 Å². The number of rotatable bonds is 0. The maximum absolute atomic E-state index is 4.21. The summed E-state index contributed by atoms with van der Waals surface area (Å²) in [6.07, 6.45) is 2.68. The van der Waals surface area contributed by atoms with Crippen molar-refractivity contribution in [3.05, 3.63) is 16.9 Å². The number of fused-ring (bicyclic) bond motifs is 3. The van der Waals surface area contributed by atoms with E-state index in [1.807, 2.05) is 4.52 Å². The molecule has 0 saturated heterocycles. The number of hydrogen-bond donors (Lipinski definition) is 1. The van der Waals surface area contributed by atoms with Gasteiger partial charge in [0, 0.05) is 23.9 Å². The first kappa shape index (κ1) is 7.46. The molecule has 1 N–H and O–H groups in total. The van der Waals surface area contributed by atoms with Gasteiger partial charge in [0.05, 0.1) is 5.69 Å². The van der Waals surface area contributed by atoms with Gasteiger partial charge in [-0.25, -0.2) is 9.50 Å². The Hall–Kier alpha value is -0.940. The molecule has 1 atom stereocenters. The summed E-state index contributed by atoms with van der Waals surface area (Å²) >= 11 is 1.74. The lowest BCUT2D eigenvalue weighted by molar-refractivity contribution is 0.505. The van der Waals surface area contributed by atoms with Gasteiger partial charge < -0.3 is 5.32 Å². The van der Waals surface area contributed by atoms with Crippen LogP contribution in [0, 0.1) is 0 Å². The number of thiazole rings is 1. The normalized spacial score (nSPS) is 22.1. The maximum Gasteiger partial charge on any atom is 0.212 e. The van der Waals surface area contributed by atoms with E-state index in [0.717, 1.165) is 17.9 Å². The molecule has 1 aliphatic heterocycles. The van der Waals surface area contributed by atoms with Crippen LogP contribution >= 0.6 is 11.3 Å². The van der Waals surface area contributed by atoms with Gasteiger partial charge >= 0.3 is 0 Å². The molecule has 0 saturated carbocycles. The largest absolute Gasteiger partial charge is 0.309 e. The Bertz CT molecular complexity index is 444. The third-order valence-corrected chi connectivity index (χ3v) is 3.51. The van der Waals surface area contributed by atoms with E-state index in [1.165, 1.54) is 10.6 Å². The third kappa shape index (κ3) is 1.00. The zero-order valence-corrected chi connectivity index (χ0v) is 8.14. The van der Waals surface area contributed by atoms with E-state index in [-0.39, 0.29) is 0 Å². The molecule has 1 aliphatic rings. The number of nitrogens with one attached hydrogen (secondary N) is 1. The van der Waals surface area contributed by atoms with Crippen LogP contribution in [-0.4, -0.2) is 20.6 Å². The predicted molar refractivity (Wildman–Crippen MR) is 50.9 cm³/mol. The number of hydrogen-bond acceptors (Lipinski definition) is 4. The molecule has 3 heterocycles. The van der Waals surface area contributed by atoms with Crippen LogP contribution in [0.2, 0.25) is 0 Å². The van der Waals surface area contributed by atoms with Crippen molar-refractivity contribution < 1.29 is 0 Å². The minimum absolute atomic E-state index is 0.550.